The van der Waals surface area contributed by atoms with E-state index in [1.54, 1.807) is 13.8 Å². The first-order valence-electron chi connectivity index (χ1n) is 5.70. The summed E-state index contributed by atoms with van der Waals surface area (Å²) in [6, 6.07) is 9.95. The average molecular weight is 232 g/mol. The fraction of sp³-hybridized carbons (Fsp3) is 0.357. The highest BCUT2D eigenvalue weighted by atomic mass is 16.6. The quantitative estimate of drug-likeness (QED) is 0.815. The number of benzene rings is 1. The lowest BCUT2D eigenvalue weighted by Crippen LogP contribution is -2.28. The molecule has 0 bridgehead atoms. The molecule has 3 heteroatoms. The molecule has 0 aromatic heterocycles. The van der Waals surface area contributed by atoms with Crippen molar-refractivity contribution < 1.29 is 14.6 Å². The first kappa shape index (κ1) is 11.7. The predicted molar refractivity (Wildman–Crippen MR) is 64.6 cm³/mol. The van der Waals surface area contributed by atoms with Crippen LogP contribution in [0.1, 0.15) is 25.8 Å². The number of carbonyl (C=O) groups excluding carboxylic acids is 1. The van der Waals surface area contributed by atoms with Gasteiger partial charge in [-0.2, -0.15) is 0 Å². The molecule has 1 aromatic rings. The molecule has 0 amide bonds. The van der Waals surface area contributed by atoms with Crippen molar-refractivity contribution in [3.05, 3.63) is 47.2 Å². The Kier molecular flexibility index (Phi) is 2.92. The van der Waals surface area contributed by atoms with Crippen LogP contribution in [0.15, 0.2) is 41.7 Å². The standard InChI is InChI=1S/C14H16O3/c1-10-12(15)14(2,17-13(10)16)9-8-11-6-4-3-5-7-11/h3-7,15H,8-9H2,1-2H3/t14-/m0/s1. The topological polar surface area (TPSA) is 46.5 Å². The van der Waals surface area contributed by atoms with Crippen LogP contribution < -0.4 is 0 Å². The molecule has 1 aliphatic heterocycles. The van der Waals surface area contributed by atoms with Gasteiger partial charge in [-0.3, -0.25) is 0 Å². The summed E-state index contributed by atoms with van der Waals surface area (Å²) in [4.78, 5) is 11.4. The predicted octanol–water partition coefficient (Wildman–Crippen LogP) is 2.77. The normalized spacial score (nSPS) is 24.0. The molecular weight excluding hydrogens is 216 g/mol. The lowest BCUT2D eigenvalue weighted by atomic mass is 9.94. The highest BCUT2D eigenvalue weighted by Gasteiger charge is 2.42. The largest absolute Gasteiger partial charge is 0.507 e. The second kappa shape index (κ2) is 4.24. The van der Waals surface area contributed by atoms with E-state index in [1.165, 1.54) is 5.56 Å². The SMILES string of the molecule is CC1=C(O)[C@](C)(CCc2ccccc2)OC1=O. The van der Waals surface area contributed by atoms with E-state index in [0.717, 1.165) is 6.42 Å². The molecule has 3 nitrogen and oxygen atoms in total. The summed E-state index contributed by atoms with van der Waals surface area (Å²) in [7, 11) is 0. The molecule has 1 aromatic carbocycles. The zero-order valence-corrected chi connectivity index (χ0v) is 10.1. The van der Waals surface area contributed by atoms with E-state index >= 15 is 0 Å². The summed E-state index contributed by atoms with van der Waals surface area (Å²) in [5, 5.41) is 9.90. The Hall–Kier alpha value is -1.77. The fourth-order valence-electron chi connectivity index (χ4n) is 2.02. The number of aliphatic hydroxyl groups excluding tert-OH is 1. The third-order valence-corrected chi connectivity index (χ3v) is 3.21. The maximum atomic E-state index is 11.4. The van der Waals surface area contributed by atoms with E-state index in [-0.39, 0.29) is 5.76 Å². The van der Waals surface area contributed by atoms with E-state index in [2.05, 4.69) is 0 Å². The van der Waals surface area contributed by atoms with Gasteiger partial charge in [0.1, 0.15) is 5.76 Å². The summed E-state index contributed by atoms with van der Waals surface area (Å²) < 4.78 is 5.23. The zero-order valence-electron chi connectivity index (χ0n) is 10.1. The van der Waals surface area contributed by atoms with E-state index in [4.69, 9.17) is 4.74 Å². The molecule has 1 N–H and O–H groups in total. The van der Waals surface area contributed by atoms with Gasteiger partial charge in [0.25, 0.3) is 0 Å². The average Bonchev–Trinajstić information content (AvgIpc) is 2.53. The van der Waals surface area contributed by atoms with E-state index in [1.807, 2.05) is 30.3 Å². The van der Waals surface area contributed by atoms with Crippen molar-refractivity contribution in [2.24, 2.45) is 0 Å². The molecule has 2 rings (SSSR count). The molecule has 0 spiro atoms. The summed E-state index contributed by atoms with van der Waals surface area (Å²) in [5.41, 5.74) is 0.625. The smallest absolute Gasteiger partial charge is 0.338 e. The molecule has 0 aliphatic carbocycles. The first-order valence-corrected chi connectivity index (χ1v) is 5.70. The third-order valence-electron chi connectivity index (χ3n) is 3.21. The zero-order chi connectivity index (χ0) is 12.5. The minimum Gasteiger partial charge on any atom is -0.507 e. The lowest BCUT2D eigenvalue weighted by molar-refractivity contribution is -0.147. The second-order valence-electron chi connectivity index (χ2n) is 4.58. The van der Waals surface area contributed by atoms with Crippen molar-refractivity contribution in [1.29, 1.82) is 0 Å². The number of aryl methyl sites for hydroxylation is 1. The Bertz CT molecular complexity index is 462. The van der Waals surface area contributed by atoms with Gasteiger partial charge in [-0.05, 0) is 32.3 Å². The van der Waals surface area contributed by atoms with Gasteiger partial charge in [-0.1, -0.05) is 30.3 Å². The van der Waals surface area contributed by atoms with Crippen LogP contribution in [0.5, 0.6) is 0 Å². The molecule has 0 saturated heterocycles. The molecular formula is C14H16O3. The van der Waals surface area contributed by atoms with Crippen LogP contribution >= 0.6 is 0 Å². The number of aliphatic hydroxyl groups is 1. The van der Waals surface area contributed by atoms with Crippen molar-refractivity contribution in [2.75, 3.05) is 0 Å². The minimum atomic E-state index is -0.864. The van der Waals surface area contributed by atoms with Crippen molar-refractivity contribution in [2.45, 2.75) is 32.3 Å². The Morgan fingerprint density at radius 2 is 1.94 bits per heavy atom. The van der Waals surface area contributed by atoms with E-state index in [9.17, 15) is 9.90 Å². The second-order valence-corrected chi connectivity index (χ2v) is 4.58. The lowest BCUT2D eigenvalue weighted by Gasteiger charge is -2.23. The molecule has 17 heavy (non-hydrogen) atoms. The molecule has 0 fully saturated rings. The van der Waals surface area contributed by atoms with Gasteiger partial charge < -0.3 is 9.84 Å². The van der Waals surface area contributed by atoms with E-state index in [0.29, 0.717) is 12.0 Å². The van der Waals surface area contributed by atoms with Gasteiger partial charge in [0.15, 0.2) is 5.60 Å². The van der Waals surface area contributed by atoms with Crippen LogP contribution in [0.4, 0.5) is 0 Å². The number of esters is 1. The first-order chi connectivity index (χ1) is 8.03. The maximum absolute atomic E-state index is 11.4. The Balaban J connectivity index is 2.08. The van der Waals surface area contributed by atoms with Gasteiger partial charge in [0.2, 0.25) is 0 Å². The van der Waals surface area contributed by atoms with Crippen molar-refractivity contribution in [3.63, 3.8) is 0 Å². The van der Waals surface area contributed by atoms with Gasteiger partial charge >= 0.3 is 5.97 Å². The molecule has 1 aliphatic rings. The Morgan fingerprint density at radius 1 is 1.29 bits per heavy atom. The summed E-state index contributed by atoms with van der Waals surface area (Å²) in [5.74, 6) is -0.350. The van der Waals surface area contributed by atoms with Crippen LogP contribution in [-0.4, -0.2) is 16.7 Å². The van der Waals surface area contributed by atoms with Crippen molar-refractivity contribution in [1.82, 2.24) is 0 Å². The van der Waals surface area contributed by atoms with Gasteiger partial charge in [0, 0.05) is 0 Å². The molecule has 1 heterocycles. The minimum absolute atomic E-state index is 0.0680. The Labute approximate surface area is 101 Å². The number of rotatable bonds is 3. The number of ether oxygens (including phenoxy) is 1. The molecule has 0 radical (unpaired) electrons. The molecule has 90 valence electrons. The molecule has 1 atom stereocenters. The number of hydrogen-bond donors (Lipinski definition) is 1. The highest BCUT2D eigenvalue weighted by molar-refractivity contribution is 5.91. The number of hydrogen-bond acceptors (Lipinski definition) is 3. The van der Waals surface area contributed by atoms with Crippen LogP contribution in [0, 0.1) is 0 Å². The number of carbonyl (C=O) groups is 1. The van der Waals surface area contributed by atoms with Gasteiger partial charge in [-0.15, -0.1) is 0 Å². The van der Waals surface area contributed by atoms with Crippen LogP contribution in [0.2, 0.25) is 0 Å². The fourth-order valence-corrected chi connectivity index (χ4v) is 2.02. The van der Waals surface area contributed by atoms with Crippen molar-refractivity contribution in [3.8, 4) is 0 Å². The molecule has 0 saturated carbocycles. The van der Waals surface area contributed by atoms with Crippen molar-refractivity contribution >= 4 is 5.97 Å². The van der Waals surface area contributed by atoms with Crippen LogP contribution in [0.3, 0.4) is 0 Å². The van der Waals surface area contributed by atoms with Gasteiger partial charge in [-0.25, -0.2) is 4.79 Å². The monoisotopic (exact) mass is 232 g/mol. The summed E-state index contributed by atoms with van der Waals surface area (Å²) in [6.45, 7) is 3.34. The Morgan fingerprint density at radius 3 is 2.47 bits per heavy atom. The van der Waals surface area contributed by atoms with E-state index < -0.39 is 11.6 Å². The van der Waals surface area contributed by atoms with Gasteiger partial charge in [0.05, 0.1) is 5.57 Å². The van der Waals surface area contributed by atoms with Crippen LogP contribution in [-0.2, 0) is 16.0 Å². The maximum Gasteiger partial charge on any atom is 0.338 e. The third kappa shape index (κ3) is 2.18. The summed E-state index contributed by atoms with van der Waals surface area (Å²) >= 11 is 0. The highest BCUT2D eigenvalue weighted by Crippen LogP contribution is 2.34. The molecule has 0 unspecified atom stereocenters. The van der Waals surface area contributed by atoms with Crippen LogP contribution in [0.25, 0.3) is 0 Å². The number of cyclic esters (lactones) is 1. The summed E-state index contributed by atoms with van der Waals surface area (Å²) in [6.07, 6.45) is 1.36.